The van der Waals surface area contributed by atoms with E-state index in [2.05, 4.69) is 30.4 Å². The Morgan fingerprint density at radius 1 is 0.812 bits per heavy atom. The molecule has 1 N–H and O–H groups in total. The van der Waals surface area contributed by atoms with Crippen molar-refractivity contribution >= 4 is 23.3 Å². The van der Waals surface area contributed by atoms with E-state index in [4.69, 9.17) is 0 Å². The summed E-state index contributed by atoms with van der Waals surface area (Å²) in [5.74, 6) is 0.232. The predicted molar refractivity (Wildman–Crippen MR) is 118 cm³/mol. The first-order chi connectivity index (χ1) is 15.5. The van der Waals surface area contributed by atoms with Crippen molar-refractivity contribution in [3.05, 3.63) is 100 Å². The Bertz CT molecular complexity index is 1290. The second-order valence-electron chi connectivity index (χ2n) is 6.74. The van der Waals surface area contributed by atoms with E-state index in [1.807, 2.05) is 6.07 Å². The van der Waals surface area contributed by atoms with Crippen LogP contribution in [-0.2, 0) is 0 Å². The number of aromatic nitrogens is 4. The molecule has 2 aromatic carbocycles. The molecule has 2 aromatic heterocycles. The number of carbonyl (C=O) groups is 2. The molecular weight excluding hydrogens is 408 g/mol. The van der Waals surface area contributed by atoms with Crippen LogP contribution in [0.3, 0.4) is 0 Å². The van der Waals surface area contributed by atoms with Crippen LogP contribution in [0.1, 0.15) is 32.1 Å². The molecule has 0 aliphatic heterocycles. The second kappa shape index (κ2) is 9.00. The smallest absolute Gasteiger partial charge is 0.258 e. The summed E-state index contributed by atoms with van der Waals surface area (Å²) in [4.78, 5) is 52.6. The van der Waals surface area contributed by atoms with Crippen molar-refractivity contribution in [2.24, 2.45) is 5.18 Å². The molecule has 0 atom stereocenters. The zero-order valence-electron chi connectivity index (χ0n) is 16.9. The van der Waals surface area contributed by atoms with Crippen molar-refractivity contribution < 1.29 is 9.59 Å². The first-order valence-electron chi connectivity index (χ1n) is 9.57. The quantitative estimate of drug-likeness (QED) is 0.364. The van der Waals surface area contributed by atoms with Gasteiger partial charge in [0.25, 0.3) is 5.91 Å². The lowest BCUT2D eigenvalue weighted by Gasteiger charge is -2.07. The topological polar surface area (TPSA) is 127 Å². The van der Waals surface area contributed by atoms with Crippen LogP contribution in [-0.4, -0.2) is 31.6 Å². The van der Waals surface area contributed by atoms with Gasteiger partial charge in [-0.3, -0.25) is 19.9 Å². The number of anilines is 1. The normalized spacial score (nSPS) is 10.4. The first-order valence-corrected chi connectivity index (χ1v) is 9.57. The highest BCUT2D eigenvalue weighted by molar-refractivity contribution is 6.10. The number of ketones is 1. The van der Waals surface area contributed by atoms with Crippen molar-refractivity contribution in [2.45, 2.75) is 6.92 Å². The average molecular weight is 424 g/mol. The molecule has 9 nitrogen and oxygen atoms in total. The fraction of sp³-hybridized carbons (Fsp3) is 0.0435. The van der Waals surface area contributed by atoms with Crippen LogP contribution >= 0.6 is 0 Å². The van der Waals surface area contributed by atoms with Gasteiger partial charge in [-0.15, -0.1) is 4.91 Å². The highest BCUT2D eigenvalue weighted by atomic mass is 16.3. The number of nitrogens with zero attached hydrogens (tertiary/aromatic N) is 5. The van der Waals surface area contributed by atoms with Crippen LogP contribution in [0, 0.1) is 11.8 Å². The van der Waals surface area contributed by atoms with Crippen molar-refractivity contribution in [1.29, 1.82) is 0 Å². The van der Waals surface area contributed by atoms with Gasteiger partial charge in [0.2, 0.25) is 5.95 Å². The van der Waals surface area contributed by atoms with Crippen LogP contribution in [0.5, 0.6) is 0 Å². The van der Waals surface area contributed by atoms with Crippen LogP contribution in [0.2, 0.25) is 0 Å². The van der Waals surface area contributed by atoms with E-state index in [0.29, 0.717) is 34.0 Å². The number of rotatable bonds is 6. The molecule has 0 fully saturated rings. The van der Waals surface area contributed by atoms with E-state index < -0.39 is 5.91 Å². The van der Waals surface area contributed by atoms with Gasteiger partial charge in [-0.2, -0.15) is 9.97 Å². The van der Waals surface area contributed by atoms with Crippen molar-refractivity contribution in [3.8, 4) is 11.5 Å². The number of pyridine rings is 1. The summed E-state index contributed by atoms with van der Waals surface area (Å²) >= 11 is 0. The molecule has 0 bridgehead atoms. The molecule has 32 heavy (non-hydrogen) atoms. The van der Waals surface area contributed by atoms with Crippen molar-refractivity contribution in [3.63, 3.8) is 0 Å². The Balaban J connectivity index is 1.50. The average Bonchev–Trinajstić information content (AvgIpc) is 2.84. The summed E-state index contributed by atoms with van der Waals surface area (Å²) in [7, 11) is 0. The van der Waals surface area contributed by atoms with Crippen LogP contribution in [0.15, 0.2) is 78.1 Å². The lowest BCUT2D eigenvalue weighted by atomic mass is 10.0. The van der Waals surface area contributed by atoms with Gasteiger partial charge in [0, 0.05) is 22.9 Å². The molecule has 156 valence electrons. The minimum absolute atomic E-state index is 0.104. The number of hydrogen-bond acceptors (Lipinski definition) is 8. The predicted octanol–water partition coefficient (Wildman–Crippen LogP) is 4.12. The maximum absolute atomic E-state index is 12.6. The number of nitroso groups, excluding NO2 is 1. The van der Waals surface area contributed by atoms with Gasteiger partial charge < -0.3 is 0 Å². The first kappa shape index (κ1) is 20.6. The molecule has 2 heterocycles. The molecule has 0 saturated heterocycles. The summed E-state index contributed by atoms with van der Waals surface area (Å²) in [5, 5.41) is 5.46. The second-order valence-corrected chi connectivity index (χ2v) is 6.74. The van der Waals surface area contributed by atoms with Gasteiger partial charge in [0.1, 0.15) is 17.2 Å². The maximum atomic E-state index is 12.6. The number of aryl methyl sites for hydroxylation is 1. The van der Waals surface area contributed by atoms with Crippen molar-refractivity contribution in [1.82, 2.24) is 19.9 Å². The van der Waals surface area contributed by atoms with Gasteiger partial charge in [-0.1, -0.05) is 18.2 Å². The van der Waals surface area contributed by atoms with Crippen LogP contribution in [0.25, 0.3) is 11.5 Å². The number of carbonyl (C=O) groups excluding carboxylic acids is 2. The standard InChI is InChI=1S/C23H16N6O3/c1-14-25-21(19-4-2-3-13-24-19)27-23(26-14)28-22(31)17-7-5-15(6-8-17)20(30)16-9-11-18(29-32)12-10-16/h2-13H,1H3,(H,25,26,27,28,31). The molecule has 0 saturated carbocycles. The summed E-state index contributed by atoms with van der Waals surface area (Å²) in [6, 6.07) is 17.6. The van der Waals surface area contributed by atoms with E-state index in [-0.39, 0.29) is 17.4 Å². The molecule has 0 aliphatic carbocycles. The van der Waals surface area contributed by atoms with Crippen LogP contribution < -0.4 is 5.32 Å². The molecule has 0 aliphatic rings. The minimum Gasteiger partial charge on any atom is -0.290 e. The van der Waals surface area contributed by atoms with E-state index in [1.165, 1.54) is 36.4 Å². The summed E-state index contributed by atoms with van der Waals surface area (Å²) in [5.41, 5.74) is 1.96. The highest BCUT2D eigenvalue weighted by Gasteiger charge is 2.14. The molecule has 0 spiro atoms. The number of benzene rings is 2. The molecule has 4 aromatic rings. The van der Waals surface area contributed by atoms with E-state index >= 15 is 0 Å². The Kier molecular flexibility index (Phi) is 5.80. The third kappa shape index (κ3) is 4.57. The van der Waals surface area contributed by atoms with Crippen LogP contribution in [0.4, 0.5) is 11.6 Å². The fourth-order valence-electron chi connectivity index (χ4n) is 2.93. The lowest BCUT2D eigenvalue weighted by molar-refractivity contribution is 0.101. The largest absolute Gasteiger partial charge is 0.290 e. The summed E-state index contributed by atoms with van der Waals surface area (Å²) < 4.78 is 0. The number of hydrogen-bond donors (Lipinski definition) is 1. The third-order valence-electron chi connectivity index (χ3n) is 4.51. The maximum Gasteiger partial charge on any atom is 0.258 e. The fourth-order valence-corrected chi connectivity index (χ4v) is 2.93. The van der Waals surface area contributed by atoms with Gasteiger partial charge in [0.05, 0.1) is 0 Å². The van der Waals surface area contributed by atoms with Gasteiger partial charge >= 0.3 is 0 Å². The summed E-state index contributed by atoms with van der Waals surface area (Å²) in [6.07, 6.45) is 1.63. The SMILES string of the molecule is Cc1nc(NC(=O)c2ccc(C(=O)c3ccc(N=O)cc3)cc2)nc(-c2ccccn2)n1. The zero-order valence-corrected chi connectivity index (χ0v) is 16.9. The number of nitrogens with one attached hydrogen (secondary N) is 1. The van der Waals surface area contributed by atoms with E-state index in [1.54, 1.807) is 37.4 Å². The Hall–Kier alpha value is -4.66. The molecule has 1 amide bonds. The van der Waals surface area contributed by atoms with Gasteiger partial charge in [-0.05, 0) is 60.6 Å². The van der Waals surface area contributed by atoms with Gasteiger partial charge in [0.15, 0.2) is 11.6 Å². The number of amides is 1. The summed E-state index contributed by atoms with van der Waals surface area (Å²) in [6.45, 7) is 1.70. The Morgan fingerprint density at radius 2 is 1.47 bits per heavy atom. The van der Waals surface area contributed by atoms with E-state index in [9.17, 15) is 14.5 Å². The van der Waals surface area contributed by atoms with Gasteiger partial charge in [-0.25, -0.2) is 4.98 Å². The highest BCUT2D eigenvalue weighted by Crippen LogP contribution is 2.17. The van der Waals surface area contributed by atoms with E-state index in [0.717, 1.165) is 0 Å². The molecule has 4 rings (SSSR count). The molecule has 0 radical (unpaired) electrons. The Labute approximate surface area is 182 Å². The molecule has 9 heteroatoms. The Morgan fingerprint density at radius 3 is 2.09 bits per heavy atom. The minimum atomic E-state index is -0.428. The molecular formula is C23H16N6O3. The van der Waals surface area contributed by atoms with Crippen molar-refractivity contribution in [2.75, 3.05) is 5.32 Å². The zero-order chi connectivity index (χ0) is 22.5. The molecule has 0 unspecified atom stereocenters. The third-order valence-corrected chi connectivity index (χ3v) is 4.51. The monoisotopic (exact) mass is 424 g/mol. The lowest BCUT2D eigenvalue weighted by Crippen LogP contribution is -2.16.